The van der Waals surface area contributed by atoms with Crippen LogP contribution < -0.4 is 5.32 Å². The molecule has 0 aromatic carbocycles. The number of carbonyl (C=O) groups is 1. The molecule has 0 bridgehead atoms. The number of aromatic nitrogens is 2. The Morgan fingerprint density at radius 2 is 2.40 bits per heavy atom. The van der Waals surface area contributed by atoms with Gasteiger partial charge in [-0.2, -0.15) is 10.4 Å². The number of anilines is 1. The Bertz CT molecular complexity index is 721. The van der Waals surface area contributed by atoms with Crippen molar-refractivity contribution in [2.24, 2.45) is 7.05 Å². The third kappa shape index (κ3) is 2.13. The van der Waals surface area contributed by atoms with E-state index in [-0.39, 0.29) is 5.91 Å². The van der Waals surface area contributed by atoms with Crippen LogP contribution in [0.3, 0.4) is 0 Å². The van der Waals surface area contributed by atoms with Crippen molar-refractivity contribution >= 4 is 44.8 Å². The zero-order valence-electron chi connectivity index (χ0n) is 10.7. The summed E-state index contributed by atoms with van der Waals surface area (Å²) >= 11 is 3.61. The Kier molecular flexibility index (Phi) is 3.52. The lowest BCUT2D eigenvalue weighted by molar-refractivity contribution is 0.101. The maximum atomic E-state index is 12.3. The lowest BCUT2D eigenvalue weighted by Crippen LogP contribution is -2.17. The molecule has 1 N–H and O–H groups in total. The summed E-state index contributed by atoms with van der Waals surface area (Å²) in [5.74, 6) is -0.217. The molecule has 0 saturated heterocycles. The summed E-state index contributed by atoms with van der Waals surface area (Å²) in [5.41, 5.74) is 2.27. The Balaban J connectivity index is 1.93. The molecule has 0 unspecified atom stereocenters. The summed E-state index contributed by atoms with van der Waals surface area (Å²) in [5, 5.41) is 16.9. The van der Waals surface area contributed by atoms with Gasteiger partial charge in [0.1, 0.15) is 16.8 Å². The SMILES string of the molecule is Cn1ncc(I)c1C(=O)Nc1sc2c(c1C#N)CCC2. The van der Waals surface area contributed by atoms with Gasteiger partial charge < -0.3 is 5.32 Å². The van der Waals surface area contributed by atoms with Crippen molar-refractivity contribution in [3.8, 4) is 6.07 Å². The topological polar surface area (TPSA) is 70.7 Å². The number of nitriles is 1. The van der Waals surface area contributed by atoms with Crippen molar-refractivity contribution in [2.75, 3.05) is 5.32 Å². The van der Waals surface area contributed by atoms with Crippen LogP contribution in [0.4, 0.5) is 5.00 Å². The van der Waals surface area contributed by atoms with Crippen LogP contribution in [0.25, 0.3) is 0 Å². The van der Waals surface area contributed by atoms with E-state index in [4.69, 9.17) is 0 Å². The Morgan fingerprint density at radius 3 is 3.05 bits per heavy atom. The van der Waals surface area contributed by atoms with Crippen LogP contribution in [0, 0.1) is 14.9 Å². The van der Waals surface area contributed by atoms with Gasteiger partial charge in [0, 0.05) is 11.9 Å². The second-order valence-corrected chi connectivity index (χ2v) is 6.86. The number of thiophene rings is 1. The highest BCUT2D eigenvalue weighted by Crippen LogP contribution is 2.38. The fourth-order valence-electron chi connectivity index (χ4n) is 2.44. The van der Waals surface area contributed by atoms with Crippen molar-refractivity contribution in [1.82, 2.24) is 9.78 Å². The molecule has 0 aliphatic heterocycles. The molecule has 0 saturated carbocycles. The first kappa shape index (κ1) is 13.6. The van der Waals surface area contributed by atoms with Crippen LogP contribution in [0.15, 0.2) is 6.20 Å². The number of aryl methyl sites for hydroxylation is 2. The number of carbonyl (C=O) groups excluding carboxylic acids is 1. The quantitative estimate of drug-likeness (QED) is 0.791. The molecular weight excluding hydrogens is 387 g/mol. The number of hydrogen-bond donors (Lipinski definition) is 1. The number of rotatable bonds is 2. The number of nitrogens with one attached hydrogen (secondary N) is 1. The molecule has 20 heavy (non-hydrogen) atoms. The zero-order valence-corrected chi connectivity index (χ0v) is 13.7. The van der Waals surface area contributed by atoms with Gasteiger partial charge in [-0.3, -0.25) is 9.48 Å². The van der Waals surface area contributed by atoms with E-state index < -0.39 is 0 Å². The highest BCUT2D eigenvalue weighted by molar-refractivity contribution is 14.1. The molecule has 0 radical (unpaired) electrons. The molecular formula is C13H11IN4OS. The van der Waals surface area contributed by atoms with E-state index >= 15 is 0 Å². The molecule has 0 fully saturated rings. The molecule has 0 atom stereocenters. The van der Waals surface area contributed by atoms with Gasteiger partial charge in [0.05, 0.1) is 15.3 Å². The van der Waals surface area contributed by atoms with Crippen LogP contribution in [0.5, 0.6) is 0 Å². The fraction of sp³-hybridized carbons (Fsp3) is 0.308. The first-order chi connectivity index (χ1) is 9.61. The lowest BCUT2D eigenvalue weighted by atomic mass is 10.1. The van der Waals surface area contributed by atoms with E-state index in [0.29, 0.717) is 16.3 Å². The Labute approximate surface area is 133 Å². The van der Waals surface area contributed by atoms with Gasteiger partial charge in [-0.15, -0.1) is 11.3 Å². The minimum atomic E-state index is -0.217. The van der Waals surface area contributed by atoms with Crippen LogP contribution in [0.1, 0.15) is 32.9 Å². The molecule has 102 valence electrons. The van der Waals surface area contributed by atoms with E-state index in [9.17, 15) is 10.1 Å². The molecule has 1 amide bonds. The largest absolute Gasteiger partial charge is 0.311 e. The second kappa shape index (κ2) is 5.18. The predicted molar refractivity (Wildman–Crippen MR) is 84.9 cm³/mol. The van der Waals surface area contributed by atoms with Crippen molar-refractivity contribution in [3.63, 3.8) is 0 Å². The average Bonchev–Trinajstić information content (AvgIpc) is 3.04. The van der Waals surface area contributed by atoms with Crippen molar-refractivity contribution in [2.45, 2.75) is 19.3 Å². The van der Waals surface area contributed by atoms with Crippen LogP contribution in [0.2, 0.25) is 0 Å². The highest BCUT2D eigenvalue weighted by atomic mass is 127. The monoisotopic (exact) mass is 398 g/mol. The van der Waals surface area contributed by atoms with Crippen LogP contribution in [-0.2, 0) is 19.9 Å². The van der Waals surface area contributed by atoms with E-state index in [1.54, 1.807) is 17.9 Å². The van der Waals surface area contributed by atoms with E-state index in [0.717, 1.165) is 28.4 Å². The van der Waals surface area contributed by atoms with Gasteiger partial charge >= 0.3 is 0 Å². The van der Waals surface area contributed by atoms with Crippen molar-refractivity contribution in [1.29, 1.82) is 5.26 Å². The third-order valence-corrected chi connectivity index (χ3v) is 5.37. The average molecular weight is 398 g/mol. The van der Waals surface area contributed by atoms with Gasteiger partial charge in [-0.05, 0) is 47.4 Å². The summed E-state index contributed by atoms with van der Waals surface area (Å²) < 4.78 is 2.34. The first-order valence-electron chi connectivity index (χ1n) is 6.15. The number of amides is 1. The second-order valence-electron chi connectivity index (χ2n) is 4.59. The molecule has 5 nitrogen and oxygen atoms in total. The minimum absolute atomic E-state index is 0.217. The maximum absolute atomic E-state index is 12.3. The molecule has 1 aliphatic carbocycles. The molecule has 0 spiro atoms. The lowest BCUT2D eigenvalue weighted by Gasteiger charge is -2.05. The Morgan fingerprint density at radius 1 is 1.60 bits per heavy atom. The number of nitrogens with zero attached hydrogens (tertiary/aromatic N) is 3. The molecule has 1 aliphatic rings. The van der Waals surface area contributed by atoms with Gasteiger partial charge in [-0.25, -0.2) is 0 Å². The summed E-state index contributed by atoms with van der Waals surface area (Å²) in [6.07, 6.45) is 4.69. The van der Waals surface area contributed by atoms with Gasteiger partial charge in [0.2, 0.25) is 0 Å². The molecule has 7 heteroatoms. The minimum Gasteiger partial charge on any atom is -0.311 e. The number of fused-ring (bicyclic) bond motifs is 1. The van der Waals surface area contributed by atoms with E-state index in [1.165, 1.54) is 16.2 Å². The smallest absolute Gasteiger partial charge is 0.275 e. The first-order valence-corrected chi connectivity index (χ1v) is 8.05. The van der Waals surface area contributed by atoms with Gasteiger partial charge in [0.25, 0.3) is 5.91 Å². The summed E-state index contributed by atoms with van der Waals surface area (Å²) in [6.45, 7) is 0. The van der Waals surface area contributed by atoms with Crippen molar-refractivity contribution in [3.05, 3.63) is 31.5 Å². The Hall–Kier alpha value is -1.40. The molecule has 3 rings (SSSR count). The number of hydrogen-bond acceptors (Lipinski definition) is 4. The van der Waals surface area contributed by atoms with E-state index in [2.05, 4.69) is 39.1 Å². The van der Waals surface area contributed by atoms with Crippen molar-refractivity contribution < 1.29 is 4.79 Å². The standard InChI is InChI=1S/C13H11IN4OS/c1-18-11(9(14)6-16-18)12(19)17-13-8(5-15)7-3-2-4-10(7)20-13/h6H,2-4H2,1H3,(H,17,19). The summed E-state index contributed by atoms with van der Waals surface area (Å²) in [7, 11) is 1.73. The molecule has 2 aromatic heterocycles. The molecule has 2 aromatic rings. The van der Waals surface area contributed by atoms with Crippen LogP contribution in [-0.4, -0.2) is 15.7 Å². The summed E-state index contributed by atoms with van der Waals surface area (Å²) in [6, 6.07) is 2.23. The van der Waals surface area contributed by atoms with E-state index in [1.807, 2.05) is 0 Å². The highest BCUT2D eigenvalue weighted by Gasteiger charge is 2.24. The van der Waals surface area contributed by atoms with Crippen LogP contribution >= 0.6 is 33.9 Å². The maximum Gasteiger partial charge on any atom is 0.275 e. The van der Waals surface area contributed by atoms with Gasteiger partial charge in [-0.1, -0.05) is 0 Å². The normalized spacial score (nSPS) is 13.1. The molecule has 2 heterocycles. The predicted octanol–water partition coefficient (Wildman–Crippen LogP) is 2.70. The third-order valence-electron chi connectivity index (χ3n) is 3.37. The number of halogens is 1. The zero-order chi connectivity index (χ0) is 14.3. The van der Waals surface area contributed by atoms with Gasteiger partial charge in [0.15, 0.2) is 0 Å². The fourth-order valence-corrected chi connectivity index (χ4v) is 4.39. The summed E-state index contributed by atoms with van der Waals surface area (Å²) in [4.78, 5) is 13.6.